The van der Waals surface area contributed by atoms with Crippen molar-refractivity contribution in [2.75, 3.05) is 20.3 Å². The van der Waals surface area contributed by atoms with Crippen LogP contribution in [0.5, 0.6) is 0 Å². The van der Waals surface area contributed by atoms with Crippen molar-refractivity contribution in [1.82, 2.24) is 4.90 Å². The zero-order chi connectivity index (χ0) is 16.4. The quantitative estimate of drug-likeness (QED) is 0.748. The molecule has 4 atom stereocenters. The first-order valence-corrected chi connectivity index (χ1v) is 8.29. The SMILES string of the molecule is C[C@@H]1COC/C=C\C[C@]12O[C@H](c1ccccc1)[C@H](C)N(C)C2=O. The van der Waals surface area contributed by atoms with E-state index in [0.29, 0.717) is 19.6 Å². The van der Waals surface area contributed by atoms with Gasteiger partial charge in [0.25, 0.3) is 5.91 Å². The highest BCUT2D eigenvalue weighted by atomic mass is 16.5. The second-order valence-electron chi connectivity index (χ2n) is 6.61. The molecule has 1 saturated heterocycles. The molecule has 2 heterocycles. The maximum Gasteiger partial charge on any atom is 0.255 e. The molecule has 3 rings (SSSR count). The Labute approximate surface area is 138 Å². The number of carbonyl (C=O) groups is 1. The molecule has 0 unspecified atom stereocenters. The van der Waals surface area contributed by atoms with Crippen molar-refractivity contribution >= 4 is 5.91 Å². The normalized spacial score (nSPS) is 36.6. The number of ether oxygens (including phenoxy) is 2. The van der Waals surface area contributed by atoms with E-state index in [1.165, 1.54) is 0 Å². The summed E-state index contributed by atoms with van der Waals surface area (Å²) in [7, 11) is 1.88. The number of rotatable bonds is 1. The first kappa shape index (κ1) is 16.2. The molecular weight excluding hydrogens is 290 g/mol. The zero-order valence-corrected chi connectivity index (χ0v) is 14.1. The highest BCUT2D eigenvalue weighted by Crippen LogP contribution is 2.42. The van der Waals surface area contributed by atoms with E-state index in [2.05, 4.69) is 12.1 Å². The standard InChI is InChI=1S/C19H25NO3/c1-14-13-22-12-8-7-11-19(14)18(21)20(3)15(2)17(23-19)16-9-5-4-6-10-16/h4-10,14-15,17H,11-13H2,1-3H3/b8-7-/t14-,15+,17+,19+/m1/s1. The average Bonchev–Trinajstić information content (AvgIpc) is 2.56. The smallest absolute Gasteiger partial charge is 0.255 e. The monoisotopic (exact) mass is 315 g/mol. The summed E-state index contributed by atoms with van der Waals surface area (Å²) >= 11 is 0. The van der Waals surface area contributed by atoms with Gasteiger partial charge in [0, 0.05) is 19.4 Å². The van der Waals surface area contributed by atoms with Gasteiger partial charge >= 0.3 is 0 Å². The lowest BCUT2D eigenvalue weighted by molar-refractivity contribution is -0.211. The molecule has 1 spiro atoms. The van der Waals surface area contributed by atoms with Crippen LogP contribution in [0, 0.1) is 5.92 Å². The van der Waals surface area contributed by atoms with Gasteiger partial charge in [0.05, 0.1) is 19.3 Å². The van der Waals surface area contributed by atoms with Gasteiger partial charge in [-0.25, -0.2) is 0 Å². The number of amides is 1. The molecule has 4 heteroatoms. The Kier molecular flexibility index (Phi) is 4.55. The molecule has 23 heavy (non-hydrogen) atoms. The fraction of sp³-hybridized carbons (Fsp3) is 0.526. The molecule has 0 bridgehead atoms. The summed E-state index contributed by atoms with van der Waals surface area (Å²) in [6, 6.07) is 10.2. The Morgan fingerprint density at radius 1 is 1.17 bits per heavy atom. The van der Waals surface area contributed by atoms with E-state index in [1.54, 1.807) is 0 Å². The van der Waals surface area contributed by atoms with Crippen LogP contribution in [0.4, 0.5) is 0 Å². The van der Waals surface area contributed by atoms with Crippen LogP contribution in [0.15, 0.2) is 42.5 Å². The van der Waals surface area contributed by atoms with E-state index in [-0.39, 0.29) is 24.0 Å². The third-order valence-corrected chi connectivity index (χ3v) is 5.16. The van der Waals surface area contributed by atoms with Crippen molar-refractivity contribution in [3.8, 4) is 0 Å². The van der Waals surface area contributed by atoms with E-state index >= 15 is 0 Å². The maximum absolute atomic E-state index is 13.1. The van der Waals surface area contributed by atoms with Gasteiger partial charge in [-0.3, -0.25) is 4.79 Å². The van der Waals surface area contributed by atoms with Crippen LogP contribution in [0.1, 0.15) is 31.9 Å². The van der Waals surface area contributed by atoms with Crippen LogP contribution in [0.3, 0.4) is 0 Å². The minimum Gasteiger partial charge on any atom is -0.377 e. The van der Waals surface area contributed by atoms with Gasteiger partial charge in [-0.05, 0) is 12.5 Å². The van der Waals surface area contributed by atoms with Crippen molar-refractivity contribution in [2.45, 2.75) is 38.0 Å². The summed E-state index contributed by atoms with van der Waals surface area (Å²) in [6.45, 7) is 5.22. The Hall–Kier alpha value is -1.65. The maximum atomic E-state index is 13.1. The number of hydrogen-bond acceptors (Lipinski definition) is 3. The van der Waals surface area contributed by atoms with Crippen LogP contribution < -0.4 is 0 Å². The molecule has 124 valence electrons. The lowest BCUT2D eigenvalue weighted by Gasteiger charge is -2.50. The number of nitrogens with zero attached hydrogens (tertiary/aromatic N) is 1. The Morgan fingerprint density at radius 2 is 1.91 bits per heavy atom. The second kappa shape index (κ2) is 6.46. The van der Waals surface area contributed by atoms with Gasteiger partial charge in [0.1, 0.15) is 6.10 Å². The predicted octanol–water partition coefficient (Wildman–Crippen LogP) is 2.96. The summed E-state index contributed by atoms with van der Waals surface area (Å²) in [6.07, 6.45) is 4.45. The minimum absolute atomic E-state index is 0.00103. The van der Waals surface area contributed by atoms with E-state index in [4.69, 9.17) is 9.47 Å². The third-order valence-electron chi connectivity index (χ3n) is 5.16. The molecule has 1 aromatic carbocycles. The van der Waals surface area contributed by atoms with Gasteiger partial charge in [-0.15, -0.1) is 0 Å². The Balaban J connectivity index is 2.00. The topological polar surface area (TPSA) is 38.8 Å². The molecule has 0 aromatic heterocycles. The highest BCUT2D eigenvalue weighted by Gasteiger charge is 2.53. The lowest BCUT2D eigenvalue weighted by atomic mass is 9.80. The van der Waals surface area contributed by atoms with Gasteiger partial charge < -0.3 is 14.4 Å². The van der Waals surface area contributed by atoms with Gasteiger partial charge in [-0.2, -0.15) is 0 Å². The number of likely N-dealkylation sites (N-methyl/N-ethyl adjacent to an activating group) is 1. The number of carbonyl (C=O) groups excluding carboxylic acids is 1. The largest absolute Gasteiger partial charge is 0.377 e. The summed E-state index contributed by atoms with van der Waals surface area (Å²) in [5.74, 6) is 0.0564. The molecule has 0 saturated carbocycles. The lowest BCUT2D eigenvalue weighted by Crippen LogP contribution is -2.63. The highest BCUT2D eigenvalue weighted by molar-refractivity contribution is 5.87. The molecule has 1 amide bonds. The molecule has 0 N–H and O–H groups in total. The van der Waals surface area contributed by atoms with Crippen molar-refractivity contribution in [2.24, 2.45) is 5.92 Å². The average molecular weight is 315 g/mol. The van der Waals surface area contributed by atoms with Gasteiger partial charge in [0.15, 0.2) is 5.60 Å². The van der Waals surface area contributed by atoms with Gasteiger partial charge in [-0.1, -0.05) is 49.4 Å². The van der Waals surface area contributed by atoms with Crippen molar-refractivity contribution < 1.29 is 14.3 Å². The van der Waals surface area contributed by atoms with Crippen LogP contribution in [-0.4, -0.2) is 42.7 Å². The van der Waals surface area contributed by atoms with E-state index in [0.717, 1.165) is 5.56 Å². The fourth-order valence-electron chi connectivity index (χ4n) is 3.49. The van der Waals surface area contributed by atoms with E-state index in [1.807, 2.05) is 56.1 Å². The van der Waals surface area contributed by atoms with Crippen molar-refractivity contribution in [3.63, 3.8) is 0 Å². The summed E-state index contributed by atoms with van der Waals surface area (Å²) < 4.78 is 12.1. The molecule has 1 fully saturated rings. The third kappa shape index (κ3) is 2.81. The molecule has 2 aliphatic heterocycles. The molecular formula is C19H25NO3. The second-order valence-corrected chi connectivity index (χ2v) is 6.61. The van der Waals surface area contributed by atoms with Crippen LogP contribution in [0.25, 0.3) is 0 Å². The van der Waals surface area contributed by atoms with E-state index in [9.17, 15) is 4.79 Å². The molecule has 2 aliphatic rings. The number of morpholine rings is 1. The zero-order valence-electron chi connectivity index (χ0n) is 14.1. The fourth-order valence-corrected chi connectivity index (χ4v) is 3.49. The molecule has 1 aromatic rings. The Bertz CT molecular complexity index is 586. The first-order valence-electron chi connectivity index (χ1n) is 8.29. The summed E-state index contributed by atoms with van der Waals surface area (Å²) in [5, 5.41) is 0. The number of hydrogen-bond donors (Lipinski definition) is 0. The molecule has 0 aliphatic carbocycles. The number of benzene rings is 1. The minimum atomic E-state index is -0.849. The first-order chi connectivity index (χ1) is 11.1. The predicted molar refractivity (Wildman–Crippen MR) is 89.0 cm³/mol. The summed E-state index contributed by atoms with van der Waals surface area (Å²) in [4.78, 5) is 14.9. The van der Waals surface area contributed by atoms with Gasteiger partial charge in [0.2, 0.25) is 0 Å². The van der Waals surface area contributed by atoms with Crippen LogP contribution in [0.2, 0.25) is 0 Å². The molecule has 4 nitrogen and oxygen atoms in total. The van der Waals surface area contributed by atoms with Crippen molar-refractivity contribution in [1.29, 1.82) is 0 Å². The van der Waals surface area contributed by atoms with Crippen LogP contribution in [-0.2, 0) is 14.3 Å². The van der Waals surface area contributed by atoms with E-state index < -0.39 is 5.60 Å². The Morgan fingerprint density at radius 3 is 2.65 bits per heavy atom. The summed E-state index contributed by atoms with van der Waals surface area (Å²) in [5.41, 5.74) is 0.261. The van der Waals surface area contributed by atoms with Crippen LogP contribution >= 0.6 is 0 Å². The van der Waals surface area contributed by atoms with Crippen molar-refractivity contribution in [3.05, 3.63) is 48.0 Å². The molecule has 0 radical (unpaired) electrons.